The number of nitro groups is 1. The third-order valence-corrected chi connectivity index (χ3v) is 4.92. The summed E-state index contributed by atoms with van der Waals surface area (Å²) in [5.41, 5.74) is 0.0725. The van der Waals surface area contributed by atoms with Gasteiger partial charge in [-0.3, -0.25) is 24.6 Å². The lowest BCUT2D eigenvalue weighted by molar-refractivity contribution is -0.385. The summed E-state index contributed by atoms with van der Waals surface area (Å²) in [6.45, 7) is 4.80. The first-order chi connectivity index (χ1) is 14.8. The van der Waals surface area contributed by atoms with Crippen LogP contribution in [0.1, 0.15) is 22.3 Å². The van der Waals surface area contributed by atoms with Gasteiger partial charge in [-0.2, -0.15) is 0 Å². The zero-order valence-corrected chi connectivity index (χ0v) is 17.0. The molecule has 164 valence electrons. The van der Waals surface area contributed by atoms with Crippen molar-refractivity contribution in [3.8, 4) is 0 Å². The van der Waals surface area contributed by atoms with Crippen LogP contribution in [0.4, 0.5) is 21.5 Å². The van der Waals surface area contributed by atoms with Crippen LogP contribution in [0.15, 0.2) is 36.4 Å². The number of hydrogen-bond donors (Lipinski definition) is 2. The SMILES string of the molecule is Cc1cccc(C(=O)Nc2ccc(F)c(NC(=O)CCN3CCOCC3)c2)c1[N+](=O)[O-]. The van der Waals surface area contributed by atoms with Gasteiger partial charge in [0.1, 0.15) is 11.4 Å². The van der Waals surface area contributed by atoms with E-state index in [1.165, 1.54) is 31.2 Å². The van der Waals surface area contributed by atoms with Gasteiger partial charge in [0.05, 0.1) is 23.8 Å². The van der Waals surface area contributed by atoms with E-state index in [1.54, 1.807) is 6.07 Å². The molecule has 2 aromatic rings. The lowest BCUT2D eigenvalue weighted by Crippen LogP contribution is -2.38. The predicted octanol–water partition coefficient (Wildman–Crippen LogP) is 2.96. The summed E-state index contributed by atoms with van der Waals surface area (Å²) in [7, 11) is 0. The maximum atomic E-state index is 14.2. The van der Waals surface area contributed by atoms with Crippen molar-refractivity contribution >= 4 is 28.9 Å². The number of hydrogen-bond acceptors (Lipinski definition) is 6. The first kappa shape index (κ1) is 22.3. The zero-order valence-electron chi connectivity index (χ0n) is 17.0. The van der Waals surface area contributed by atoms with Gasteiger partial charge in [-0.05, 0) is 31.2 Å². The van der Waals surface area contributed by atoms with Gasteiger partial charge in [0, 0.05) is 37.3 Å². The van der Waals surface area contributed by atoms with Gasteiger partial charge in [-0.1, -0.05) is 12.1 Å². The molecule has 0 saturated carbocycles. The summed E-state index contributed by atoms with van der Waals surface area (Å²) in [5.74, 6) is -1.71. The van der Waals surface area contributed by atoms with Crippen molar-refractivity contribution in [2.24, 2.45) is 0 Å². The van der Waals surface area contributed by atoms with Crippen molar-refractivity contribution in [1.29, 1.82) is 0 Å². The molecule has 0 unspecified atom stereocenters. The van der Waals surface area contributed by atoms with E-state index in [-0.39, 0.29) is 35.0 Å². The Balaban J connectivity index is 1.67. The van der Waals surface area contributed by atoms with Crippen molar-refractivity contribution in [3.05, 3.63) is 63.5 Å². The second-order valence-electron chi connectivity index (χ2n) is 7.13. The monoisotopic (exact) mass is 430 g/mol. The molecule has 9 nitrogen and oxygen atoms in total. The highest BCUT2D eigenvalue weighted by Crippen LogP contribution is 2.25. The van der Waals surface area contributed by atoms with Crippen LogP contribution in [0.3, 0.4) is 0 Å². The molecular formula is C21H23FN4O5. The molecule has 31 heavy (non-hydrogen) atoms. The summed E-state index contributed by atoms with van der Waals surface area (Å²) < 4.78 is 19.4. The Bertz CT molecular complexity index is 992. The number of rotatable bonds is 7. The smallest absolute Gasteiger partial charge is 0.285 e. The van der Waals surface area contributed by atoms with Crippen molar-refractivity contribution in [2.45, 2.75) is 13.3 Å². The third-order valence-electron chi connectivity index (χ3n) is 4.92. The van der Waals surface area contributed by atoms with E-state index in [0.717, 1.165) is 19.2 Å². The number of aryl methyl sites for hydroxylation is 1. The van der Waals surface area contributed by atoms with E-state index in [1.807, 2.05) is 0 Å². The molecule has 1 fully saturated rings. The minimum absolute atomic E-state index is 0.0801. The molecule has 0 bridgehead atoms. The fourth-order valence-electron chi connectivity index (χ4n) is 3.28. The van der Waals surface area contributed by atoms with Gasteiger partial charge >= 0.3 is 0 Å². The average Bonchev–Trinajstić information content (AvgIpc) is 2.75. The first-order valence-electron chi connectivity index (χ1n) is 9.80. The molecule has 2 aromatic carbocycles. The van der Waals surface area contributed by atoms with Gasteiger partial charge in [-0.15, -0.1) is 0 Å². The number of nitrogens with zero attached hydrogens (tertiary/aromatic N) is 2. The van der Waals surface area contributed by atoms with E-state index in [0.29, 0.717) is 25.3 Å². The van der Waals surface area contributed by atoms with Crippen LogP contribution < -0.4 is 10.6 Å². The first-order valence-corrected chi connectivity index (χ1v) is 9.80. The number of nitro benzene ring substituents is 1. The highest BCUT2D eigenvalue weighted by atomic mass is 19.1. The minimum atomic E-state index is -0.702. The Hall–Kier alpha value is -3.37. The third kappa shape index (κ3) is 5.83. The normalized spacial score (nSPS) is 14.1. The molecule has 1 aliphatic rings. The number of nitrogens with one attached hydrogen (secondary N) is 2. The van der Waals surface area contributed by atoms with Crippen LogP contribution in [0.25, 0.3) is 0 Å². The summed E-state index contributed by atoms with van der Waals surface area (Å²) >= 11 is 0. The minimum Gasteiger partial charge on any atom is -0.379 e. The number of ether oxygens (including phenoxy) is 1. The molecule has 0 atom stereocenters. The highest BCUT2D eigenvalue weighted by Gasteiger charge is 2.22. The molecular weight excluding hydrogens is 407 g/mol. The molecule has 1 aliphatic heterocycles. The fraction of sp³-hybridized carbons (Fsp3) is 0.333. The van der Waals surface area contributed by atoms with Gasteiger partial charge in [0.25, 0.3) is 11.6 Å². The summed E-state index contributed by atoms with van der Waals surface area (Å²) in [5, 5.41) is 16.3. The van der Waals surface area contributed by atoms with Gasteiger partial charge in [0.2, 0.25) is 5.91 Å². The lowest BCUT2D eigenvalue weighted by atomic mass is 10.1. The standard InChI is InChI=1S/C21H23FN4O5/c1-14-3-2-4-16(20(14)26(29)30)21(28)23-15-5-6-17(22)18(13-15)24-19(27)7-8-25-9-11-31-12-10-25/h2-6,13H,7-12H2,1H3,(H,23,28)(H,24,27). The maximum Gasteiger partial charge on any atom is 0.285 e. The molecule has 10 heteroatoms. The Morgan fingerprint density at radius 3 is 2.65 bits per heavy atom. The molecule has 0 aliphatic carbocycles. The lowest BCUT2D eigenvalue weighted by Gasteiger charge is -2.26. The number of amides is 2. The maximum absolute atomic E-state index is 14.2. The van der Waals surface area contributed by atoms with Crippen molar-refractivity contribution < 1.29 is 23.6 Å². The van der Waals surface area contributed by atoms with Crippen molar-refractivity contribution in [3.63, 3.8) is 0 Å². The number of para-hydroxylation sites is 1. The van der Waals surface area contributed by atoms with Crippen molar-refractivity contribution in [1.82, 2.24) is 4.90 Å². The molecule has 3 rings (SSSR count). The second-order valence-corrected chi connectivity index (χ2v) is 7.13. The number of halogens is 1. The quantitative estimate of drug-likeness (QED) is 0.516. The topological polar surface area (TPSA) is 114 Å². The molecule has 0 aromatic heterocycles. The van der Waals surface area contributed by atoms with Gasteiger partial charge in [-0.25, -0.2) is 4.39 Å². The summed E-state index contributed by atoms with van der Waals surface area (Å²) in [4.78, 5) is 37.6. The Morgan fingerprint density at radius 1 is 1.19 bits per heavy atom. The van der Waals surface area contributed by atoms with Gasteiger partial charge < -0.3 is 15.4 Å². The molecule has 0 radical (unpaired) electrons. The van der Waals surface area contributed by atoms with Crippen molar-refractivity contribution in [2.75, 3.05) is 43.5 Å². The van der Waals surface area contributed by atoms with E-state index in [4.69, 9.17) is 4.74 Å². The van der Waals surface area contributed by atoms with Crippen LogP contribution in [0.2, 0.25) is 0 Å². The average molecular weight is 430 g/mol. The molecule has 2 amide bonds. The number of carbonyl (C=O) groups is 2. The number of anilines is 2. The molecule has 1 heterocycles. The predicted molar refractivity (Wildman–Crippen MR) is 113 cm³/mol. The second kappa shape index (κ2) is 10.1. The van der Waals surface area contributed by atoms with E-state index in [9.17, 15) is 24.1 Å². The van der Waals surface area contributed by atoms with Crippen LogP contribution in [0, 0.1) is 22.9 Å². The largest absolute Gasteiger partial charge is 0.379 e. The fourth-order valence-corrected chi connectivity index (χ4v) is 3.28. The van der Waals surface area contributed by atoms with Crippen LogP contribution in [-0.2, 0) is 9.53 Å². The number of benzene rings is 2. The Labute approximate surface area is 178 Å². The molecule has 2 N–H and O–H groups in total. The van der Waals surface area contributed by atoms with E-state index < -0.39 is 16.6 Å². The Morgan fingerprint density at radius 2 is 1.94 bits per heavy atom. The summed E-state index contributed by atoms with van der Waals surface area (Å²) in [6.07, 6.45) is 0.186. The van der Waals surface area contributed by atoms with E-state index in [2.05, 4.69) is 15.5 Å². The van der Waals surface area contributed by atoms with E-state index >= 15 is 0 Å². The number of carbonyl (C=O) groups excluding carboxylic acids is 2. The van der Waals surface area contributed by atoms with Gasteiger partial charge in [0.15, 0.2) is 0 Å². The highest BCUT2D eigenvalue weighted by molar-refractivity contribution is 6.07. The summed E-state index contributed by atoms with van der Waals surface area (Å²) in [6, 6.07) is 8.13. The number of morpholine rings is 1. The van der Waals surface area contributed by atoms with Crippen LogP contribution in [-0.4, -0.2) is 54.5 Å². The van der Waals surface area contributed by atoms with Crippen LogP contribution >= 0.6 is 0 Å². The van der Waals surface area contributed by atoms with Crippen LogP contribution in [0.5, 0.6) is 0 Å². The molecule has 0 spiro atoms. The Kier molecular flexibility index (Phi) is 7.27. The zero-order chi connectivity index (χ0) is 22.4. The molecule has 1 saturated heterocycles.